The van der Waals surface area contributed by atoms with Crippen molar-refractivity contribution in [1.29, 1.82) is 0 Å². The lowest BCUT2D eigenvalue weighted by atomic mass is 9.86. The minimum Gasteiger partial charge on any atom is -0.462 e. The summed E-state index contributed by atoms with van der Waals surface area (Å²) < 4.78 is 10.5. The number of benzene rings is 4. The molecular formula is C38H24N4O8S2. The summed E-state index contributed by atoms with van der Waals surface area (Å²) in [6, 6.07) is 23.4. The fraction of sp³-hybridized carbons (Fsp3) is 0.105. The van der Waals surface area contributed by atoms with Crippen molar-refractivity contribution < 1.29 is 38.2 Å². The van der Waals surface area contributed by atoms with Gasteiger partial charge >= 0.3 is 11.9 Å². The van der Waals surface area contributed by atoms with Gasteiger partial charge < -0.3 is 9.47 Å². The van der Waals surface area contributed by atoms with Gasteiger partial charge in [0.05, 0.1) is 24.6 Å². The lowest BCUT2D eigenvalue weighted by Gasteiger charge is -2.30. The third-order valence-corrected chi connectivity index (χ3v) is 10.6. The third kappa shape index (κ3) is 5.02. The van der Waals surface area contributed by atoms with E-state index in [0.29, 0.717) is 11.1 Å². The van der Waals surface area contributed by atoms with Crippen molar-refractivity contribution in [2.24, 2.45) is 0 Å². The van der Waals surface area contributed by atoms with Crippen LogP contribution in [0.3, 0.4) is 0 Å². The van der Waals surface area contributed by atoms with Crippen LogP contribution in [0.15, 0.2) is 84.9 Å². The van der Waals surface area contributed by atoms with Crippen LogP contribution in [0.2, 0.25) is 0 Å². The molecule has 0 saturated heterocycles. The molecule has 52 heavy (non-hydrogen) atoms. The summed E-state index contributed by atoms with van der Waals surface area (Å²) in [6.07, 6.45) is 0. The fourth-order valence-electron chi connectivity index (χ4n) is 6.28. The van der Waals surface area contributed by atoms with E-state index in [-0.39, 0.29) is 77.6 Å². The quantitative estimate of drug-likeness (QED) is 0.118. The normalized spacial score (nSPS) is 13.6. The summed E-state index contributed by atoms with van der Waals surface area (Å²) in [5.41, 5.74) is 2.00. The molecule has 4 amide bonds. The summed E-state index contributed by atoms with van der Waals surface area (Å²) in [7, 11) is 0. The van der Waals surface area contributed by atoms with Crippen LogP contribution < -0.4 is 9.80 Å². The minimum absolute atomic E-state index is 0.0373. The van der Waals surface area contributed by atoms with Crippen molar-refractivity contribution in [3.63, 3.8) is 0 Å². The van der Waals surface area contributed by atoms with Crippen LogP contribution in [0.1, 0.15) is 74.6 Å². The van der Waals surface area contributed by atoms with Crippen molar-refractivity contribution in [2.45, 2.75) is 13.8 Å². The highest BCUT2D eigenvalue weighted by atomic mass is 32.1. The molecule has 4 heterocycles. The Balaban J connectivity index is 1.22. The van der Waals surface area contributed by atoms with Gasteiger partial charge in [-0.3, -0.25) is 19.2 Å². The number of rotatable bonds is 8. The fourth-order valence-corrected chi connectivity index (χ4v) is 8.24. The Kier molecular flexibility index (Phi) is 8.04. The maximum atomic E-state index is 14.2. The number of ether oxygens (including phenoxy) is 2. The van der Waals surface area contributed by atoms with Gasteiger partial charge in [0.15, 0.2) is 0 Å². The van der Waals surface area contributed by atoms with Gasteiger partial charge in [0.1, 0.15) is 9.75 Å². The topological polar surface area (TPSA) is 153 Å². The predicted molar refractivity (Wildman–Crippen MR) is 193 cm³/mol. The largest absolute Gasteiger partial charge is 0.462 e. The van der Waals surface area contributed by atoms with Gasteiger partial charge in [0.25, 0.3) is 23.6 Å². The molecule has 2 aliphatic rings. The Hall–Kier alpha value is -6.38. The average Bonchev–Trinajstić information content (AvgIpc) is 3.80. The van der Waals surface area contributed by atoms with E-state index in [4.69, 9.17) is 9.47 Å². The molecule has 8 rings (SSSR count). The molecule has 256 valence electrons. The molecule has 12 nitrogen and oxygen atoms in total. The maximum Gasteiger partial charge on any atom is 0.350 e. The molecule has 2 aliphatic heterocycles. The number of carbonyl (C=O) groups excluding carboxylic acids is 6. The Morgan fingerprint density at radius 1 is 0.538 bits per heavy atom. The highest BCUT2D eigenvalue weighted by Gasteiger charge is 2.43. The number of esters is 2. The number of amides is 4. The first kappa shape index (κ1) is 32.8. The molecule has 2 aromatic heterocycles. The van der Waals surface area contributed by atoms with E-state index in [0.717, 1.165) is 32.5 Å². The second kappa shape index (κ2) is 12.7. The molecule has 0 aliphatic carbocycles. The van der Waals surface area contributed by atoms with Crippen molar-refractivity contribution in [3.8, 4) is 22.5 Å². The number of anilines is 2. The zero-order chi connectivity index (χ0) is 36.3. The number of carbonyl (C=O) groups is 6. The predicted octanol–water partition coefficient (Wildman–Crippen LogP) is 7.04. The number of thiazole rings is 2. The number of imide groups is 2. The van der Waals surface area contributed by atoms with Crippen molar-refractivity contribution in [3.05, 3.63) is 117 Å². The van der Waals surface area contributed by atoms with E-state index < -0.39 is 35.6 Å². The second-order valence-electron chi connectivity index (χ2n) is 11.5. The van der Waals surface area contributed by atoms with E-state index in [9.17, 15) is 28.8 Å². The van der Waals surface area contributed by atoms with Gasteiger partial charge in [-0.25, -0.2) is 29.4 Å². The van der Waals surface area contributed by atoms with Gasteiger partial charge in [-0.05, 0) is 38.1 Å². The van der Waals surface area contributed by atoms with Gasteiger partial charge in [-0.2, -0.15) is 0 Å². The Morgan fingerprint density at radius 3 is 1.17 bits per heavy atom. The maximum absolute atomic E-state index is 14.2. The summed E-state index contributed by atoms with van der Waals surface area (Å²) in [4.78, 5) is 93.8. The Bertz CT molecular complexity index is 2280. The molecule has 4 aromatic carbocycles. The molecule has 0 radical (unpaired) electrons. The van der Waals surface area contributed by atoms with Crippen LogP contribution in [0.5, 0.6) is 0 Å². The summed E-state index contributed by atoms with van der Waals surface area (Å²) in [5, 5.41) is 0.239. The molecule has 0 N–H and O–H groups in total. The zero-order valence-corrected chi connectivity index (χ0v) is 29.0. The van der Waals surface area contributed by atoms with Crippen molar-refractivity contribution in [2.75, 3.05) is 23.0 Å². The van der Waals surface area contributed by atoms with Crippen LogP contribution in [-0.2, 0) is 9.47 Å². The van der Waals surface area contributed by atoms with E-state index in [2.05, 4.69) is 9.97 Å². The second-order valence-corrected chi connectivity index (χ2v) is 13.4. The highest BCUT2D eigenvalue weighted by molar-refractivity contribution is 7.18. The summed E-state index contributed by atoms with van der Waals surface area (Å²) in [6.45, 7) is 3.56. The molecule has 0 spiro atoms. The zero-order valence-electron chi connectivity index (χ0n) is 27.4. The smallest absolute Gasteiger partial charge is 0.350 e. The van der Waals surface area contributed by atoms with Crippen LogP contribution in [0.25, 0.3) is 33.3 Å². The van der Waals surface area contributed by atoms with E-state index in [1.54, 1.807) is 62.4 Å². The molecule has 0 saturated carbocycles. The van der Waals surface area contributed by atoms with Crippen molar-refractivity contribution >= 4 is 79.3 Å². The van der Waals surface area contributed by atoms with Gasteiger partial charge in [0.2, 0.25) is 10.3 Å². The number of hydrogen-bond acceptors (Lipinski definition) is 12. The number of nitrogens with zero attached hydrogens (tertiary/aromatic N) is 4. The standard InChI is InChI=1S/C38H24N4O8S2/c1-3-49-35(47)29-27(19-11-7-5-8-12-19)39-37(51-29)41-31(43)21-15-17-23-26-24(18-16-22(25(21)26)32(41)44)34(46)42(33(23)45)38-40-28(20-13-9-6-10-14-20)30(52-38)36(48)50-4-2/h5-18H,3-4H2,1-2H3. The number of aromatic nitrogens is 2. The van der Waals surface area contributed by atoms with E-state index in [1.807, 2.05) is 12.1 Å². The highest BCUT2D eigenvalue weighted by Crippen LogP contribution is 2.43. The average molecular weight is 729 g/mol. The van der Waals surface area contributed by atoms with Crippen LogP contribution in [0.4, 0.5) is 10.3 Å². The van der Waals surface area contributed by atoms with E-state index in [1.165, 1.54) is 24.3 Å². The van der Waals surface area contributed by atoms with Gasteiger partial charge in [-0.15, -0.1) is 0 Å². The Morgan fingerprint density at radius 2 is 0.865 bits per heavy atom. The molecule has 0 bridgehead atoms. The first-order valence-electron chi connectivity index (χ1n) is 16.1. The molecule has 0 atom stereocenters. The van der Waals surface area contributed by atoms with Crippen LogP contribution in [-0.4, -0.2) is 58.7 Å². The lowest BCUT2D eigenvalue weighted by molar-refractivity contribution is 0.0523. The SMILES string of the molecule is CCOC(=O)c1sc(N2C(=O)c3ccc4c5c(ccc(c35)C2=O)C(=O)N(c2nc(-c3ccccc3)c(C(=O)OCC)s2)C4=O)nc1-c1ccccc1. The van der Waals surface area contributed by atoms with Crippen LogP contribution >= 0.6 is 22.7 Å². The number of hydrogen-bond donors (Lipinski definition) is 0. The molecule has 6 aromatic rings. The first-order valence-corrected chi connectivity index (χ1v) is 17.7. The molecular weight excluding hydrogens is 705 g/mol. The molecule has 14 heteroatoms. The Labute approximate surface area is 302 Å². The first-order chi connectivity index (χ1) is 25.2. The monoisotopic (exact) mass is 728 g/mol. The minimum atomic E-state index is -0.737. The summed E-state index contributed by atoms with van der Waals surface area (Å²) in [5.74, 6) is -4.24. The van der Waals surface area contributed by atoms with Crippen molar-refractivity contribution in [1.82, 2.24) is 9.97 Å². The third-order valence-electron chi connectivity index (χ3n) is 8.53. The van der Waals surface area contributed by atoms with Gasteiger partial charge in [-0.1, -0.05) is 83.3 Å². The lowest BCUT2D eigenvalue weighted by Crippen LogP contribution is -2.43. The van der Waals surface area contributed by atoms with E-state index >= 15 is 0 Å². The van der Waals surface area contributed by atoms with Gasteiger partial charge in [0, 0.05) is 44.2 Å². The molecule has 0 fully saturated rings. The van der Waals surface area contributed by atoms with Crippen LogP contribution in [0, 0.1) is 0 Å². The molecule has 0 unspecified atom stereocenters. The summed E-state index contributed by atoms with van der Waals surface area (Å²) >= 11 is 1.71.